The number of rotatable bonds is 2. The van der Waals surface area contributed by atoms with Crippen LogP contribution in [0.4, 0.5) is 0 Å². The van der Waals surface area contributed by atoms with Crippen LogP contribution in [0.1, 0.15) is 48.9 Å². The molecule has 4 rings (SSSR count). The van der Waals surface area contributed by atoms with E-state index in [-0.39, 0.29) is 12.0 Å². The van der Waals surface area contributed by atoms with Crippen molar-refractivity contribution in [3.63, 3.8) is 0 Å². The molecule has 2 atom stereocenters. The number of aromatic nitrogens is 2. The Morgan fingerprint density at radius 1 is 1.24 bits per heavy atom. The maximum atomic E-state index is 11.8. The molecule has 0 aromatic carbocycles. The third-order valence-electron chi connectivity index (χ3n) is 5.25. The Kier molecular flexibility index (Phi) is 3.25. The molecule has 0 saturated carbocycles. The standard InChI is InChI=1S/C16H23N3O2/c1-11-17-13-4-2-3-5-14(13)19(11)12-6-8-18(10-12)15-7-9-21-16(15)20/h12,15H,2-10H2,1H3/t12-,15-/m0/s1. The molecule has 0 unspecified atom stereocenters. The number of esters is 1. The second-order valence-electron chi connectivity index (χ2n) is 6.54. The van der Waals surface area contributed by atoms with Crippen molar-refractivity contribution in [2.75, 3.05) is 19.7 Å². The molecule has 1 aromatic heterocycles. The first-order valence-electron chi connectivity index (χ1n) is 8.21. The summed E-state index contributed by atoms with van der Waals surface area (Å²) in [6.45, 7) is 4.68. The summed E-state index contributed by atoms with van der Waals surface area (Å²) < 4.78 is 7.59. The van der Waals surface area contributed by atoms with Gasteiger partial charge in [-0.1, -0.05) is 0 Å². The maximum Gasteiger partial charge on any atom is 0.323 e. The number of fused-ring (bicyclic) bond motifs is 1. The third kappa shape index (κ3) is 2.18. The number of hydrogen-bond donors (Lipinski definition) is 0. The van der Waals surface area contributed by atoms with Crippen molar-refractivity contribution in [2.45, 2.75) is 57.5 Å². The van der Waals surface area contributed by atoms with Gasteiger partial charge in [0.2, 0.25) is 0 Å². The van der Waals surface area contributed by atoms with Gasteiger partial charge < -0.3 is 9.30 Å². The highest BCUT2D eigenvalue weighted by Crippen LogP contribution is 2.32. The topological polar surface area (TPSA) is 47.4 Å². The molecule has 2 aliphatic heterocycles. The molecule has 114 valence electrons. The number of ether oxygens (including phenoxy) is 1. The molecular formula is C16H23N3O2. The van der Waals surface area contributed by atoms with Crippen molar-refractivity contribution < 1.29 is 9.53 Å². The first-order chi connectivity index (χ1) is 10.2. The third-order valence-corrected chi connectivity index (χ3v) is 5.25. The van der Waals surface area contributed by atoms with Gasteiger partial charge in [-0.3, -0.25) is 9.69 Å². The Hall–Kier alpha value is -1.36. The Labute approximate surface area is 125 Å². The number of carbonyl (C=O) groups excluding carboxylic acids is 1. The first kappa shape index (κ1) is 13.3. The van der Waals surface area contributed by atoms with E-state index in [1.54, 1.807) is 0 Å². The van der Waals surface area contributed by atoms with Gasteiger partial charge in [-0.15, -0.1) is 0 Å². The van der Waals surface area contributed by atoms with Crippen LogP contribution in [0, 0.1) is 6.92 Å². The van der Waals surface area contributed by atoms with Crippen molar-refractivity contribution in [1.82, 2.24) is 14.5 Å². The number of imidazole rings is 1. The predicted molar refractivity (Wildman–Crippen MR) is 78.2 cm³/mol. The minimum absolute atomic E-state index is 0.00495. The van der Waals surface area contributed by atoms with E-state index in [1.165, 1.54) is 24.2 Å². The molecule has 0 radical (unpaired) electrons. The van der Waals surface area contributed by atoms with Crippen LogP contribution in [0.15, 0.2) is 0 Å². The Morgan fingerprint density at radius 2 is 2.10 bits per heavy atom. The second-order valence-corrected chi connectivity index (χ2v) is 6.54. The Bertz CT molecular complexity index is 566. The zero-order valence-electron chi connectivity index (χ0n) is 12.7. The van der Waals surface area contributed by atoms with E-state index in [1.807, 2.05) is 0 Å². The minimum Gasteiger partial charge on any atom is -0.464 e. The van der Waals surface area contributed by atoms with Gasteiger partial charge in [0.1, 0.15) is 11.9 Å². The molecule has 5 nitrogen and oxygen atoms in total. The summed E-state index contributed by atoms with van der Waals surface area (Å²) in [4.78, 5) is 18.9. The normalized spacial score (nSPS) is 29.7. The molecule has 2 saturated heterocycles. The van der Waals surface area contributed by atoms with Gasteiger partial charge in [0.15, 0.2) is 0 Å². The second kappa shape index (κ2) is 5.13. The van der Waals surface area contributed by atoms with Gasteiger partial charge in [-0.25, -0.2) is 4.98 Å². The van der Waals surface area contributed by atoms with Crippen LogP contribution in [0.3, 0.4) is 0 Å². The van der Waals surface area contributed by atoms with Gasteiger partial charge in [-0.05, 0) is 39.0 Å². The zero-order chi connectivity index (χ0) is 14.4. The molecule has 5 heteroatoms. The smallest absolute Gasteiger partial charge is 0.323 e. The summed E-state index contributed by atoms with van der Waals surface area (Å²) in [6, 6.07) is 0.474. The average Bonchev–Trinajstić information content (AvgIpc) is 3.15. The van der Waals surface area contributed by atoms with E-state index in [4.69, 9.17) is 9.72 Å². The molecule has 3 heterocycles. The summed E-state index contributed by atoms with van der Waals surface area (Å²) in [5.74, 6) is 1.13. The van der Waals surface area contributed by atoms with Crippen LogP contribution >= 0.6 is 0 Å². The first-order valence-corrected chi connectivity index (χ1v) is 8.21. The summed E-state index contributed by atoms with van der Waals surface area (Å²) in [5.41, 5.74) is 2.78. The number of nitrogens with zero attached hydrogens (tertiary/aromatic N) is 3. The highest BCUT2D eigenvalue weighted by molar-refractivity contribution is 5.77. The summed E-state index contributed by atoms with van der Waals surface area (Å²) >= 11 is 0. The van der Waals surface area contributed by atoms with Gasteiger partial charge in [0.25, 0.3) is 0 Å². The monoisotopic (exact) mass is 289 g/mol. The SMILES string of the molecule is Cc1nc2c(n1[C@H]1CCN([C@H]3CCOC3=O)C1)CCCC2. The van der Waals surface area contributed by atoms with Gasteiger partial charge >= 0.3 is 5.97 Å². The summed E-state index contributed by atoms with van der Waals surface area (Å²) in [7, 11) is 0. The Morgan fingerprint density at radius 3 is 2.90 bits per heavy atom. The molecule has 21 heavy (non-hydrogen) atoms. The van der Waals surface area contributed by atoms with Crippen molar-refractivity contribution in [2.24, 2.45) is 0 Å². The lowest BCUT2D eigenvalue weighted by molar-refractivity contribution is -0.142. The lowest BCUT2D eigenvalue weighted by Gasteiger charge is -2.23. The maximum absolute atomic E-state index is 11.8. The molecule has 0 amide bonds. The van der Waals surface area contributed by atoms with Crippen LogP contribution in [-0.2, 0) is 22.4 Å². The van der Waals surface area contributed by atoms with E-state index >= 15 is 0 Å². The van der Waals surface area contributed by atoms with E-state index in [0.29, 0.717) is 12.6 Å². The molecule has 1 aromatic rings. The van der Waals surface area contributed by atoms with E-state index in [2.05, 4.69) is 16.4 Å². The Balaban J connectivity index is 1.56. The van der Waals surface area contributed by atoms with E-state index in [0.717, 1.165) is 44.6 Å². The van der Waals surface area contributed by atoms with Crippen LogP contribution in [0.25, 0.3) is 0 Å². The van der Waals surface area contributed by atoms with Crippen LogP contribution < -0.4 is 0 Å². The number of aryl methyl sites for hydroxylation is 2. The van der Waals surface area contributed by atoms with Crippen molar-refractivity contribution >= 4 is 5.97 Å². The molecule has 3 aliphatic rings. The molecular weight excluding hydrogens is 266 g/mol. The largest absolute Gasteiger partial charge is 0.464 e. The van der Waals surface area contributed by atoms with E-state index < -0.39 is 0 Å². The van der Waals surface area contributed by atoms with Crippen molar-refractivity contribution in [3.8, 4) is 0 Å². The van der Waals surface area contributed by atoms with Crippen LogP contribution in [0.2, 0.25) is 0 Å². The highest BCUT2D eigenvalue weighted by Gasteiger charge is 2.38. The molecule has 0 N–H and O–H groups in total. The quantitative estimate of drug-likeness (QED) is 0.777. The number of likely N-dealkylation sites (tertiary alicyclic amines) is 1. The number of carbonyl (C=O) groups is 1. The number of cyclic esters (lactones) is 1. The highest BCUT2D eigenvalue weighted by atomic mass is 16.5. The lowest BCUT2D eigenvalue weighted by Crippen LogP contribution is -2.37. The molecule has 2 fully saturated rings. The van der Waals surface area contributed by atoms with Crippen LogP contribution in [-0.4, -0.2) is 46.2 Å². The summed E-state index contributed by atoms with van der Waals surface area (Å²) in [6.07, 6.45) is 6.82. The van der Waals surface area contributed by atoms with E-state index in [9.17, 15) is 4.79 Å². The fourth-order valence-electron chi connectivity index (χ4n) is 4.26. The lowest BCUT2D eigenvalue weighted by atomic mass is 10.0. The fourth-order valence-corrected chi connectivity index (χ4v) is 4.26. The summed E-state index contributed by atoms with van der Waals surface area (Å²) in [5, 5.41) is 0. The van der Waals surface area contributed by atoms with Gasteiger partial charge in [0.05, 0.1) is 12.3 Å². The fraction of sp³-hybridized carbons (Fsp3) is 0.750. The number of hydrogen-bond acceptors (Lipinski definition) is 4. The molecule has 1 aliphatic carbocycles. The molecule has 0 spiro atoms. The minimum atomic E-state index is -0.0277. The van der Waals surface area contributed by atoms with Gasteiger partial charge in [-0.2, -0.15) is 0 Å². The van der Waals surface area contributed by atoms with Crippen molar-refractivity contribution in [1.29, 1.82) is 0 Å². The zero-order valence-corrected chi connectivity index (χ0v) is 12.7. The molecule has 0 bridgehead atoms. The predicted octanol–water partition coefficient (Wildman–Crippen LogP) is 1.63. The van der Waals surface area contributed by atoms with Gasteiger partial charge in [0, 0.05) is 31.2 Å². The van der Waals surface area contributed by atoms with Crippen LogP contribution in [0.5, 0.6) is 0 Å². The van der Waals surface area contributed by atoms with Crippen molar-refractivity contribution in [3.05, 3.63) is 17.2 Å². The average molecular weight is 289 g/mol.